The molecule has 2 unspecified atom stereocenters. The van der Waals surface area contributed by atoms with Crippen LogP contribution in [0, 0.1) is 0 Å². The quantitative estimate of drug-likeness (QED) is 0.465. The SMILES string of the molecule is C1CCC2(CCOC2)NC1.C1CCC2(CCOC2)NC1.O=C(O)C(=O)O. The Hall–Kier alpha value is -1.22. The van der Waals surface area contributed by atoms with Crippen molar-refractivity contribution in [2.45, 2.75) is 62.4 Å². The van der Waals surface area contributed by atoms with Gasteiger partial charge in [0.15, 0.2) is 0 Å². The Bertz CT molecular complexity index is 401. The summed E-state index contributed by atoms with van der Waals surface area (Å²) in [5.41, 5.74) is 0.802. The number of aliphatic carboxylic acids is 2. The van der Waals surface area contributed by atoms with Crippen LogP contribution in [0.25, 0.3) is 0 Å². The van der Waals surface area contributed by atoms with Gasteiger partial charge in [0.1, 0.15) is 0 Å². The summed E-state index contributed by atoms with van der Waals surface area (Å²) in [4.78, 5) is 18.2. The van der Waals surface area contributed by atoms with Gasteiger partial charge in [0.25, 0.3) is 0 Å². The molecule has 0 radical (unpaired) electrons. The van der Waals surface area contributed by atoms with Gasteiger partial charge in [0.2, 0.25) is 0 Å². The van der Waals surface area contributed by atoms with E-state index in [0.717, 1.165) is 26.4 Å². The largest absolute Gasteiger partial charge is 0.473 e. The molecule has 4 heterocycles. The highest BCUT2D eigenvalue weighted by atomic mass is 16.5. The lowest BCUT2D eigenvalue weighted by Gasteiger charge is -2.32. The first-order valence-electron chi connectivity index (χ1n) is 9.59. The molecular weight excluding hydrogens is 340 g/mol. The van der Waals surface area contributed by atoms with E-state index >= 15 is 0 Å². The van der Waals surface area contributed by atoms with E-state index < -0.39 is 11.9 Å². The van der Waals surface area contributed by atoms with Crippen molar-refractivity contribution >= 4 is 11.9 Å². The van der Waals surface area contributed by atoms with Crippen LogP contribution in [0.5, 0.6) is 0 Å². The summed E-state index contributed by atoms with van der Waals surface area (Å²) in [5.74, 6) is -3.65. The number of carboxylic acids is 2. The zero-order chi connectivity index (χ0) is 18.9. The van der Waals surface area contributed by atoms with Crippen molar-refractivity contribution in [3.05, 3.63) is 0 Å². The van der Waals surface area contributed by atoms with Gasteiger partial charge in [-0.2, -0.15) is 0 Å². The Labute approximate surface area is 154 Å². The second kappa shape index (κ2) is 10.2. The van der Waals surface area contributed by atoms with Crippen LogP contribution in [-0.2, 0) is 19.1 Å². The smallest absolute Gasteiger partial charge is 0.414 e. The van der Waals surface area contributed by atoms with Gasteiger partial charge in [-0.3, -0.25) is 0 Å². The molecule has 0 saturated carbocycles. The topological polar surface area (TPSA) is 117 Å². The minimum Gasteiger partial charge on any atom is -0.473 e. The Balaban J connectivity index is 0.000000146. The Morgan fingerprint density at radius 2 is 1.12 bits per heavy atom. The summed E-state index contributed by atoms with van der Waals surface area (Å²) >= 11 is 0. The highest BCUT2D eigenvalue weighted by Gasteiger charge is 2.36. The lowest BCUT2D eigenvalue weighted by Crippen LogP contribution is -2.48. The van der Waals surface area contributed by atoms with Crippen molar-refractivity contribution in [1.29, 1.82) is 0 Å². The molecular formula is C18H32N2O6. The van der Waals surface area contributed by atoms with Gasteiger partial charge in [-0.25, -0.2) is 9.59 Å². The number of carboxylic acid groups (broad SMARTS) is 2. The summed E-state index contributed by atoms with van der Waals surface area (Å²) in [5, 5.41) is 21.9. The van der Waals surface area contributed by atoms with Gasteiger partial charge in [0, 0.05) is 24.3 Å². The molecule has 4 fully saturated rings. The first-order chi connectivity index (χ1) is 12.5. The molecule has 150 valence electrons. The third-order valence-electron chi connectivity index (χ3n) is 5.55. The fraction of sp³-hybridized carbons (Fsp3) is 0.889. The molecule has 2 spiro atoms. The molecule has 4 aliphatic rings. The lowest BCUT2D eigenvalue weighted by atomic mass is 9.88. The second-order valence-electron chi connectivity index (χ2n) is 7.54. The molecule has 4 saturated heterocycles. The van der Waals surface area contributed by atoms with E-state index in [-0.39, 0.29) is 0 Å². The standard InChI is InChI=1S/2C8H15NO.C2H2O4/c2*1-2-5-9-8(3-1)4-6-10-7-8;3-1(4)2(5)6/h2*9H,1-7H2;(H,3,4)(H,5,6). The summed E-state index contributed by atoms with van der Waals surface area (Å²) in [6.07, 6.45) is 10.6. The van der Waals surface area contributed by atoms with E-state index in [1.54, 1.807) is 0 Å². The summed E-state index contributed by atoms with van der Waals surface area (Å²) in [6.45, 7) is 6.23. The molecule has 0 amide bonds. The summed E-state index contributed by atoms with van der Waals surface area (Å²) < 4.78 is 10.8. The number of piperidine rings is 2. The van der Waals surface area contributed by atoms with Gasteiger partial charge in [-0.1, -0.05) is 12.8 Å². The second-order valence-corrected chi connectivity index (χ2v) is 7.54. The molecule has 26 heavy (non-hydrogen) atoms. The molecule has 4 N–H and O–H groups in total. The van der Waals surface area contributed by atoms with Gasteiger partial charge in [0.05, 0.1) is 13.2 Å². The number of rotatable bonds is 0. The van der Waals surface area contributed by atoms with E-state index in [1.807, 2.05) is 0 Å². The molecule has 4 rings (SSSR count). The van der Waals surface area contributed by atoms with Crippen molar-refractivity contribution in [1.82, 2.24) is 10.6 Å². The summed E-state index contributed by atoms with van der Waals surface area (Å²) in [6, 6.07) is 0. The third kappa shape index (κ3) is 6.50. The van der Waals surface area contributed by atoms with E-state index in [9.17, 15) is 0 Å². The number of nitrogens with one attached hydrogen (secondary N) is 2. The third-order valence-corrected chi connectivity index (χ3v) is 5.55. The van der Waals surface area contributed by atoms with Gasteiger partial charge >= 0.3 is 11.9 Å². The van der Waals surface area contributed by atoms with Crippen molar-refractivity contribution in [3.63, 3.8) is 0 Å². The zero-order valence-corrected chi connectivity index (χ0v) is 15.4. The Kier molecular flexibility index (Phi) is 8.27. The molecule has 0 aromatic rings. The molecule has 4 aliphatic heterocycles. The average molecular weight is 372 g/mol. The average Bonchev–Trinajstić information content (AvgIpc) is 3.28. The highest BCUT2D eigenvalue weighted by Crippen LogP contribution is 2.28. The van der Waals surface area contributed by atoms with Gasteiger partial charge in [-0.15, -0.1) is 0 Å². The Morgan fingerprint density at radius 3 is 1.35 bits per heavy atom. The van der Waals surface area contributed by atoms with Crippen LogP contribution in [0.1, 0.15) is 51.4 Å². The number of carbonyl (C=O) groups is 2. The number of ether oxygens (including phenoxy) is 2. The van der Waals surface area contributed by atoms with E-state index in [4.69, 9.17) is 29.3 Å². The van der Waals surface area contributed by atoms with Crippen LogP contribution in [0.15, 0.2) is 0 Å². The van der Waals surface area contributed by atoms with Crippen molar-refractivity contribution in [2.75, 3.05) is 39.5 Å². The fourth-order valence-electron chi connectivity index (χ4n) is 3.95. The van der Waals surface area contributed by atoms with Crippen LogP contribution in [0.2, 0.25) is 0 Å². The van der Waals surface area contributed by atoms with Crippen molar-refractivity contribution < 1.29 is 29.3 Å². The maximum absolute atomic E-state index is 9.10. The molecule has 0 aromatic heterocycles. The van der Waals surface area contributed by atoms with E-state index in [1.165, 1.54) is 64.5 Å². The molecule has 0 bridgehead atoms. The maximum atomic E-state index is 9.10. The van der Waals surface area contributed by atoms with Crippen molar-refractivity contribution in [2.24, 2.45) is 0 Å². The zero-order valence-electron chi connectivity index (χ0n) is 15.4. The first kappa shape index (κ1) is 21.1. The monoisotopic (exact) mass is 372 g/mol. The molecule has 8 heteroatoms. The van der Waals surface area contributed by atoms with Crippen LogP contribution in [0.4, 0.5) is 0 Å². The van der Waals surface area contributed by atoms with Crippen molar-refractivity contribution in [3.8, 4) is 0 Å². The lowest BCUT2D eigenvalue weighted by molar-refractivity contribution is -0.159. The molecule has 0 aliphatic carbocycles. The number of hydrogen-bond acceptors (Lipinski definition) is 6. The van der Waals surface area contributed by atoms with Crippen LogP contribution >= 0.6 is 0 Å². The molecule has 8 nitrogen and oxygen atoms in total. The normalized spacial score (nSPS) is 33.1. The number of hydrogen-bond donors (Lipinski definition) is 4. The Morgan fingerprint density at radius 1 is 0.692 bits per heavy atom. The van der Waals surface area contributed by atoms with Crippen LogP contribution in [-0.4, -0.2) is 72.7 Å². The minimum absolute atomic E-state index is 0.401. The van der Waals surface area contributed by atoms with Gasteiger partial charge < -0.3 is 30.3 Å². The van der Waals surface area contributed by atoms with E-state index in [0.29, 0.717) is 11.1 Å². The predicted octanol–water partition coefficient (Wildman–Crippen LogP) is 0.994. The first-order valence-corrected chi connectivity index (χ1v) is 9.59. The van der Waals surface area contributed by atoms with E-state index in [2.05, 4.69) is 10.6 Å². The van der Waals surface area contributed by atoms with Crippen LogP contribution in [0.3, 0.4) is 0 Å². The predicted molar refractivity (Wildman–Crippen MR) is 95.3 cm³/mol. The van der Waals surface area contributed by atoms with Gasteiger partial charge in [-0.05, 0) is 51.6 Å². The maximum Gasteiger partial charge on any atom is 0.414 e. The highest BCUT2D eigenvalue weighted by molar-refractivity contribution is 6.27. The minimum atomic E-state index is -1.82. The van der Waals surface area contributed by atoms with Crippen LogP contribution < -0.4 is 10.6 Å². The molecule has 2 atom stereocenters. The molecule has 0 aromatic carbocycles. The summed E-state index contributed by atoms with van der Waals surface area (Å²) in [7, 11) is 0. The fourth-order valence-corrected chi connectivity index (χ4v) is 3.95.